The largest absolute Gasteiger partial charge is 0.495 e. The van der Waals surface area contributed by atoms with Crippen LogP contribution >= 0.6 is 12.2 Å². The Morgan fingerprint density at radius 2 is 1.71 bits per heavy atom. The molecule has 0 unspecified atom stereocenters. The zero-order chi connectivity index (χ0) is 15.4. The van der Waals surface area contributed by atoms with E-state index in [1.54, 1.807) is 7.11 Å². The second kappa shape index (κ2) is 6.59. The number of thiocarbonyl (C=S) groups is 1. The number of benzene rings is 2. The summed E-state index contributed by atoms with van der Waals surface area (Å²) in [6, 6.07) is 12.1. The molecule has 0 saturated heterocycles. The summed E-state index contributed by atoms with van der Waals surface area (Å²) in [6.45, 7) is 6.21. The van der Waals surface area contributed by atoms with Gasteiger partial charge in [-0.2, -0.15) is 0 Å². The molecule has 0 bridgehead atoms. The van der Waals surface area contributed by atoms with Crippen molar-refractivity contribution in [1.82, 2.24) is 0 Å². The molecule has 3 nitrogen and oxygen atoms in total. The molecule has 4 heteroatoms. The van der Waals surface area contributed by atoms with Crippen molar-refractivity contribution in [3.8, 4) is 5.75 Å². The number of hydrogen-bond donors (Lipinski definition) is 2. The van der Waals surface area contributed by atoms with E-state index >= 15 is 0 Å². The van der Waals surface area contributed by atoms with Crippen molar-refractivity contribution in [2.24, 2.45) is 0 Å². The maximum atomic E-state index is 5.37. The van der Waals surface area contributed by atoms with Gasteiger partial charge in [0, 0.05) is 5.69 Å². The third kappa shape index (κ3) is 3.95. The van der Waals surface area contributed by atoms with E-state index in [-0.39, 0.29) is 0 Å². The Labute approximate surface area is 131 Å². The summed E-state index contributed by atoms with van der Waals surface area (Å²) in [7, 11) is 1.65. The highest BCUT2D eigenvalue weighted by Gasteiger charge is 2.06. The minimum atomic E-state index is 0.544. The van der Waals surface area contributed by atoms with Crippen molar-refractivity contribution >= 4 is 28.7 Å². The summed E-state index contributed by atoms with van der Waals surface area (Å²) < 4.78 is 5.34. The van der Waals surface area contributed by atoms with Gasteiger partial charge in [-0.1, -0.05) is 12.1 Å². The second-order valence-electron chi connectivity index (χ2n) is 5.08. The van der Waals surface area contributed by atoms with Crippen LogP contribution in [0, 0.1) is 20.8 Å². The summed E-state index contributed by atoms with van der Waals surface area (Å²) in [5, 5.41) is 6.92. The molecule has 21 heavy (non-hydrogen) atoms. The molecule has 2 N–H and O–H groups in total. The van der Waals surface area contributed by atoms with E-state index in [1.165, 1.54) is 11.1 Å². The molecule has 0 spiro atoms. The fourth-order valence-electron chi connectivity index (χ4n) is 2.02. The maximum absolute atomic E-state index is 5.37. The van der Waals surface area contributed by atoms with E-state index < -0.39 is 0 Å². The molecule has 0 saturated carbocycles. The fourth-order valence-corrected chi connectivity index (χ4v) is 2.25. The van der Waals surface area contributed by atoms with Crippen LogP contribution in [0.15, 0.2) is 36.4 Å². The van der Waals surface area contributed by atoms with E-state index in [0.29, 0.717) is 5.11 Å². The minimum absolute atomic E-state index is 0.544. The van der Waals surface area contributed by atoms with E-state index in [2.05, 4.69) is 36.6 Å². The summed E-state index contributed by atoms with van der Waals surface area (Å²) in [5.74, 6) is 0.768. The van der Waals surface area contributed by atoms with Gasteiger partial charge >= 0.3 is 0 Å². The number of methoxy groups -OCH3 is 1. The molecular formula is C17H20N2OS. The highest BCUT2D eigenvalue weighted by Crippen LogP contribution is 2.25. The second-order valence-corrected chi connectivity index (χ2v) is 5.49. The molecule has 2 rings (SSSR count). The first-order valence-electron chi connectivity index (χ1n) is 6.79. The Bertz CT molecular complexity index is 668. The quantitative estimate of drug-likeness (QED) is 0.822. The number of nitrogens with one attached hydrogen (secondary N) is 2. The molecule has 0 radical (unpaired) electrons. The van der Waals surface area contributed by atoms with Crippen LogP contribution in [0.5, 0.6) is 5.75 Å². The number of anilines is 2. The van der Waals surface area contributed by atoms with Gasteiger partial charge in [-0.25, -0.2) is 0 Å². The monoisotopic (exact) mass is 300 g/mol. The third-order valence-electron chi connectivity index (χ3n) is 3.37. The van der Waals surface area contributed by atoms with Gasteiger partial charge in [0.1, 0.15) is 5.75 Å². The van der Waals surface area contributed by atoms with Crippen molar-refractivity contribution in [1.29, 1.82) is 0 Å². The number of rotatable bonds is 3. The SMILES string of the molecule is COc1ccc(C)cc1NC(=S)Nc1ccc(C)c(C)c1. The summed E-state index contributed by atoms with van der Waals surface area (Å²) in [4.78, 5) is 0. The van der Waals surface area contributed by atoms with Gasteiger partial charge in [-0.05, 0) is 73.9 Å². The molecule has 0 fully saturated rings. The molecule has 2 aromatic rings. The Kier molecular flexibility index (Phi) is 4.81. The van der Waals surface area contributed by atoms with Crippen LogP contribution in [0.3, 0.4) is 0 Å². The lowest BCUT2D eigenvalue weighted by Gasteiger charge is -2.14. The highest BCUT2D eigenvalue weighted by atomic mass is 32.1. The number of ether oxygens (including phenoxy) is 1. The van der Waals surface area contributed by atoms with Gasteiger partial charge in [0.25, 0.3) is 0 Å². The standard InChI is InChI=1S/C17H20N2OS/c1-11-5-8-16(20-4)15(9-11)19-17(21)18-14-7-6-12(2)13(3)10-14/h5-10H,1-4H3,(H2,18,19,21). The summed E-state index contributed by atoms with van der Waals surface area (Å²) >= 11 is 5.37. The van der Waals surface area contributed by atoms with Crippen LogP contribution in [-0.2, 0) is 0 Å². The lowest BCUT2D eigenvalue weighted by atomic mass is 10.1. The molecule has 0 aliphatic carbocycles. The number of aryl methyl sites for hydroxylation is 3. The van der Waals surface area contributed by atoms with Gasteiger partial charge < -0.3 is 15.4 Å². The first-order chi connectivity index (χ1) is 9.99. The Hall–Kier alpha value is -2.07. The molecule has 2 aromatic carbocycles. The first-order valence-corrected chi connectivity index (χ1v) is 7.20. The molecule has 0 aliphatic rings. The normalized spacial score (nSPS) is 10.1. The van der Waals surface area contributed by atoms with E-state index in [9.17, 15) is 0 Å². The molecule has 0 amide bonds. The first kappa shape index (κ1) is 15.3. The van der Waals surface area contributed by atoms with E-state index in [4.69, 9.17) is 17.0 Å². The van der Waals surface area contributed by atoms with Crippen LogP contribution in [-0.4, -0.2) is 12.2 Å². The van der Waals surface area contributed by atoms with Gasteiger partial charge in [0.15, 0.2) is 5.11 Å². The lowest BCUT2D eigenvalue weighted by molar-refractivity contribution is 0.417. The van der Waals surface area contributed by atoms with Crippen molar-refractivity contribution < 1.29 is 4.74 Å². The van der Waals surface area contributed by atoms with Crippen molar-refractivity contribution in [2.75, 3.05) is 17.7 Å². The molecular weight excluding hydrogens is 280 g/mol. The maximum Gasteiger partial charge on any atom is 0.175 e. The van der Waals surface area contributed by atoms with Gasteiger partial charge in [0.05, 0.1) is 12.8 Å². The number of hydrogen-bond acceptors (Lipinski definition) is 2. The van der Waals surface area contributed by atoms with Crippen molar-refractivity contribution in [3.05, 3.63) is 53.1 Å². The Morgan fingerprint density at radius 3 is 2.38 bits per heavy atom. The van der Waals surface area contributed by atoms with E-state index in [0.717, 1.165) is 22.7 Å². The van der Waals surface area contributed by atoms with Gasteiger partial charge in [0.2, 0.25) is 0 Å². The Morgan fingerprint density at radius 1 is 0.952 bits per heavy atom. The van der Waals surface area contributed by atoms with Gasteiger partial charge in [-0.15, -0.1) is 0 Å². The summed E-state index contributed by atoms with van der Waals surface area (Å²) in [6.07, 6.45) is 0. The van der Waals surface area contributed by atoms with Crippen molar-refractivity contribution in [2.45, 2.75) is 20.8 Å². The van der Waals surface area contributed by atoms with Crippen molar-refractivity contribution in [3.63, 3.8) is 0 Å². The minimum Gasteiger partial charge on any atom is -0.495 e. The van der Waals surface area contributed by atoms with E-state index in [1.807, 2.05) is 31.2 Å². The predicted molar refractivity (Wildman–Crippen MR) is 93.5 cm³/mol. The average Bonchev–Trinajstić information content (AvgIpc) is 2.43. The van der Waals surface area contributed by atoms with Crippen LogP contribution in [0.25, 0.3) is 0 Å². The molecule has 0 heterocycles. The molecule has 0 aliphatic heterocycles. The third-order valence-corrected chi connectivity index (χ3v) is 3.57. The van der Waals surface area contributed by atoms with Crippen LogP contribution in [0.1, 0.15) is 16.7 Å². The zero-order valence-electron chi connectivity index (χ0n) is 12.8. The average molecular weight is 300 g/mol. The lowest BCUT2D eigenvalue weighted by Crippen LogP contribution is -2.19. The summed E-state index contributed by atoms with van der Waals surface area (Å²) in [5.41, 5.74) is 5.48. The van der Waals surface area contributed by atoms with Crippen LogP contribution < -0.4 is 15.4 Å². The van der Waals surface area contributed by atoms with Gasteiger partial charge in [-0.3, -0.25) is 0 Å². The zero-order valence-corrected chi connectivity index (χ0v) is 13.6. The highest BCUT2D eigenvalue weighted by molar-refractivity contribution is 7.80. The molecule has 110 valence electrons. The van der Waals surface area contributed by atoms with Crippen LogP contribution in [0.2, 0.25) is 0 Å². The molecule has 0 aromatic heterocycles. The predicted octanol–water partition coefficient (Wildman–Crippen LogP) is 4.43. The smallest absolute Gasteiger partial charge is 0.175 e. The fraction of sp³-hybridized carbons (Fsp3) is 0.235. The Balaban J connectivity index is 2.11. The topological polar surface area (TPSA) is 33.3 Å². The molecule has 0 atom stereocenters. The van der Waals surface area contributed by atoms with Crippen LogP contribution in [0.4, 0.5) is 11.4 Å².